The van der Waals surface area contributed by atoms with Gasteiger partial charge in [-0.2, -0.15) is 0 Å². The molecule has 6 nitrogen and oxygen atoms in total. The largest absolute Gasteiger partial charge is 0.497 e. The Labute approximate surface area is 189 Å². The van der Waals surface area contributed by atoms with Crippen LogP contribution in [0, 0.1) is 0 Å². The third-order valence-corrected chi connectivity index (χ3v) is 5.11. The molecule has 0 saturated heterocycles. The topological polar surface area (TPSA) is 70.7 Å². The zero-order valence-electron chi connectivity index (χ0n) is 18.7. The van der Waals surface area contributed by atoms with Crippen molar-refractivity contribution in [1.82, 2.24) is 10.6 Å². The number of amides is 2. The van der Waals surface area contributed by atoms with Gasteiger partial charge in [0.05, 0.1) is 13.5 Å². The van der Waals surface area contributed by atoms with Crippen LogP contribution in [-0.4, -0.2) is 33.0 Å². The lowest BCUT2D eigenvalue weighted by molar-refractivity contribution is -0.120. The molecule has 166 valence electrons. The molecule has 0 aliphatic heterocycles. The summed E-state index contributed by atoms with van der Waals surface area (Å²) < 4.78 is 5.13. The van der Waals surface area contributed by atoms with Crippen molar-refractivity contribution in [2.75, 3.05) is 26.1 Å². The van der Waals surface area contributed by atoms with Gasteiger partial charge >= 0.3 is 0 Å². The van der Waals surface area contributed by atoms with Gasteiger partial charge in [-0.1, -0.05) is 36.4 Å². The first-order chi connectivity index (χ1) is 15.4. The van der Waals surface area contributed by atoms with Gasteiger partial charge in [-0.15, -0.1) is 0 Å². The summed E-state index contributed by atoms with van der Waals surface area (Å²) in [6.45, 7) is 0.873. The van der Waals surface area contributed by atoms with Crippen LogP contribution in [0.3, 0.4) is 0 Å². The first-order valence-corrected chi connectivity index (χ1v) is 10.5. The molecule has 0 fully saturated rings. The number of nitrogens with zero attached hydrogens (tertiary/aromatic N) is 1. The highest BCUT2D eigenvalue weighted by atomic mass is 16.5. The van der Waals surface area contributed by atoms with Crippen molar-refractivity contribution >= 4 is 17.5 Å². The third-order valence-electron chi connectivity index (χ3n) is 5.11. The van der Waals surface area contributed by atoms with E-state index in [0.29, 0.717) is 25.1 Å². The van der Waals surface area contributed by atoms with E-state index in [-0.39, 0.29) is 11.8 Å². The Kier molecular flexibility index (Phi) is 7.86. The number of rotatable bonds is 9. The van der Waals surface area contributed by atoms with E-state index in [1.807, 2.05) is 73.6 Å². The normalized spacial score (nSPS) is 10.3. The van der Waals surface area contributed by atoms with Crippen LogP contribution in [0.5, 0.6) is 5.75 Å². The number of hydrogen-bond acceptors (Lipinski definition) is 4. The maximum Gasteiger partial charge on any atom is 0.251 e. The number of ether oxygens (including phenoxy) is 1. The fourth-order valence-electron chi connectivity index (χ4n) is 3.19. The predicted molar refractivity (Wildman–Crippen MR) is 127 cm³/mol. The van der Waals surface area contributed by atoms with Crippen LogP contribution in [0.15, 0.2) is 72.8 Å². The summed E-state index contributed by atoms with van der Waals surface area (Å²) >= 11 is 0. The van der Waals surface area contributed by atoms with Gasteiger partial charge in [0, 0.05) is 38.4 Å². The molecule has 3 rings (SSSR count). The molecular weight excluding hydrogens is 402 g/mol. The molecule has 2 N–H and O–H groups in total. The van der Waals surface area contributed by atoms with Crippen LogP contribution in [-0.2, 0) is 24.3 Å². The summed E-state index contributed by atoms with van der Waals surface area (Å²) in [6.07, 6.45) is 0.305. The second kappa shape index (κ2) is 11.0. The second-order valence-electron chi connectivity index (χ2n) is 7.75. The first kappa shape index (κ1) is 22.9. The average Bonchev–Trinajstić information content (AvgIpc) is 2.82. The van der Waals surface area contributed by atoms with Gasteiger partial charge in [-0.05, 0) is 53.1 Å². The van der Waals surface area contributed by atoms with Crippen LogP contribution in [0.25, 0.3) is 0 Å². The standard InChI is InChI=1S/C26H29N3O3/c1-29(2)23-6-4-5-21(15-23)18-28-26(31)22-11-7-20(8-12-22)17-27-25(30)16-19-9-13-24(32-3)14-10-19/h4-15H,16-18H2,1-3H3,(H,27,30)(H,28,31). The molecule has 0 radical (unpaired) electrons. The Bertz CT molecular complexity index is 1040. The van der Waals surface area contributed by atoms with Crippen LogP contribution in [0.2, 0.25) is 0 Å². The molecule has 0 heterocycles. The number of carbonyl (C=O) groups is 2. The molecule has 0 bridgehead atoms. The Morgan fingerprint density at radius 1 is 0.812 bits per heavy atom. The quantitative estimate of drug-likeness (QED) is 0.544. The number of carbonyl (C=O) groups excluding carboxylic acids is 2. The van der Waals surface area contributed by atoms with Gasteiger partial charge in [0.1, 0.15) is 5.75 Å². The highest BCUT2D eigenvalue weighted by Gasteiger charge is 2.07. The molecule has 0 saturated carbocycles. The maximum absolute atomic E-state index is 12.5. The highest BCUT2D eigenvalue weighted by Crippen LogP contribution is 2.14. The molecule has 0 aliphatic carbocycles. The van der Waals surface area contributed by atoms with Gasteiger partial charge in [0.25, 0.3) is 5.91 Å². The number of methoxy groups -OCH3 is 1. The zero-order chi connectivity index (χ0) is 22.9. The highest BCUT2D eigenvalue weighted by molar-refractivity contribution is 5.94. The van der Waals surface area contributed by atoms with Crippen LogP contribution in [0.4, 0.5) is 5.69 Å². The summed E-state index contributed by atoms with van der Waals surface area (Å²) in [5.74, 6) is 0.577. The monoisotopic (exact) mass is 431 g/mol. The van der Waals surface area contributed by atoms with Crippen molar-refractivity contribution in [3.05, 3.63) is 95.1 Å². The maximum atomic E-state index is 12.5. The Morgan fingerprint density at radius 3 is 2.12 bits per heavy atom. The van der Waals surface area contributed by atoms with E-state index in [9.17, 15) is 9.59 Å². The van der Waals surface area contributed by atoms with Crippen molar-refractivity contribution in [3.63, 3.8) is 0 Å². The number of nitrogens with one attached hydrogen (secondary N) is 2. The molecule has 0 spiro atoms. The van der Waals surface area contributed by atoms with E-state index in [0.717, 1.165) is 28.1 Å². The molecule has 3 aromatic carbocycles. The van der Waals surface area contributed by atoms with Crippen molar-refractivity contribution in [3.8, 4) is 5.75 Å². The summed E-state index contributed by atoms with van der Waals surface area (Å²) in [4.78, 5) is 26.7. The van der Waals surface area contributed by atoms with E-state index in [2.05, 4.69) is 16.7 Å². The Hall–Kier alpha value is -3.80. The number of benzene rings is 3. The summed E-state index contributed by atoms with van der Waals surface area (Å²) in [5, 5.41) is 5.86. The fourth-order valence-corrected chi connectivity index (χ4v) is 3.19. The molecule has 0 unspecified atom stereocenters. The van der Waals surface area contributed by atoms with Crippen molar-refractivity contribution in [1.29, 1.82) is 0 Å². The van der Waals surface area contributed by atoms with E-state index >= 15 is 0 Å². The zero-order valence-corrected chi connectivity index (χ0v) is 18.7. The van der Waals surface area contributed by atoms with Gasteiger partial charge < -0.3 is 20.3 Å². The van der Waals surface area contributed by atoms with Gasteiger partial charge in [0.2, 0.25) is 5.91 Å². The Morgan fingerprint density at radius 2 is 1.47 bits per heavy atom. The van der Waals surface area contributed by atoms with Crippen molar-refractivity contribution in [2.45, 2.75) is 19.5 Å². The molecule has 0 aliphatic rings. The lowest BCUT2D eigenvalue weighted by atomic mass is 10.1. The smallest absolute Gasteiger partial charge is 0.251 e. The summed E-state index contributed by atoms with van der Waals surface area (Å²) in [7, 11) is 5.59. The predicted octanol–water partition coefficient (Wildman–Crippen LogP) is 3.55. The van der Waals surface area contributed by atoms with Crippen LogP contribution in [0.1, 0.15) is 27.0 Å². The average molecular weight is 432 g/mol. The van der Waals surface area contributed by atoms with Gasteiger partial charge in [0.15, 0.2) is 0 Å². The SMILES string of the molecule is COc1ccc(CC(=O)NCc2ccc(C(=O)NCc3cccc(N(C)C)c3)cc2)cc1. The first-order valence-electron chi connectivity index (χ1n) is 10.5. The minimum absolute atomic E-state index is 0.0584. The Balaban J connectivity index is 1.47. The molecule has 0 aromatic heterocycles. The molecular formula is C26H29N3O3. The molecule has 2 amide bonds. The van der Waals surface area contributed by atoms with Gasteiger partial charge in [-0.25, -0.2) is 0 Å². The van der Waals surface area contributed by atoms with E-state index in [4.69, 9.17) is 4.74 Å². The minimum atomic E-state index is -0.129. The molecule has 6 heteroatoms. The number of hydrogen-bond donors (Lipinski definition) is 2. The lowest BCUT2D eigenvalue weighted by Gasteiger charge is -2.14. The van der Waals surface area contributed by atoms with E-state index in [1.165, 1.54) is 0 Å². The van der Waals surface area contributed by atoms with Crippen LogP contribution < -0.4 is 20.3 Å². The fraction of sp³-hybridized carbons (Fsp3) is 0.231. The van der Waals surface area contributed by atoms with Crippen LogP contribution >= 0.6 is 0 Å². The van der Waals surface area contributed by atoms with E-state index < -0.39 is 0 Å². The van der Waals surface area contributed by atoms with Gasteiger partial charge in [-0.3, -0.25) is 9.59 Å². The minimum Gasteiger partial charge on any atom is -0.497 e. The third kappa shape index (κ3) is 6.60. The second-order valence-corrected chi connectivity index (χ2v) is 7.75. The molecule has 0 atom stereocenters. The summed E-state index contributed by atoms with van der Waals surface area (Å²) in [6, 6.07) is 22.7. The van der Waals surface area contributed by atoms with E-state index in [1.54, 1.807) is 19.2 Å². The molecule has 32 heavy (non-hydrogen) atoms. The molecule has 3 aromatic rings. The lowest BCUT2D eigenvalue weighted by Crippen LogP contribution is -2.25. The van der Waals surface area contributed by atoms with Crippen molar-refractivity contribution < 1.29 is 14.3 Å². The number of anilines is 1. The van der Waals surface area contributed by atoms with Crippen molar-refractivity contribution in [2.24, 2.45) is 0 Å². The summed E-state index contributed by atoms with van der Waals surface area (Å²) in [5.41, 5.74) is 4.58.